The minimum atomic E-state index is 0.131. The molecule has 4 nitrogen and oxygen atoms in total. The van der Waals surface area contributed by atoms with Crippen LogP contribution in [0.3, 0.4) is 0 Å². The second-order valence-electron chi connectivity index (χ2n) is 5.47. The number of pyridine rings is 1. The molecule has 3 heterocycles. The van der Waals surface area contributed by atoms with E-state index in [1.807, 2.05) is 41.1 Å². The summed E-state index contributed by atoms with van der Waals surface area (Å²) in [5, 5.41) is 5.19. The van der Waals surface area contributed by atoms with Crippen molar-refractivity contribution in [2.45, 2.75) is 18.9 Å². The molecule has 102 valence electrons. The van der Waals surface area contributed by atoms with Gasteiger partial charge in [0.05, 0.1) is 10.9 Å². The van der Waals surface area contributed by atoms with Crippen molar-refractivity contribution in [1.82, 2.24) is 14.9 Å². The summed E-state index contributed by atoms with van der Waals surface area (Å²) in [6.45, 7) is 1.98. The van der Waals surface area contributed by atoms with Crippen molar-refractivity contribution in [2.24, 2.45) is 0 Å². The number of para-hydroxylation sites is 1. The highest BCUT2D eigenvalue weighted by Crippen LogP contribution is 2.24. The molecular formula is C16H17N3O. The number of piperidine rings is 1. The lowest BCUT2D eigenvalue weighted by atomic mass is 10.1. The first-order chi connectivity index (χ1) is 9.84. The van der Waals surface area contributed by atoms with E-state index in [-0.39, 0.29) is 5.56 Å². The van der Waals surface area contributed by atoms with Crippen LogP contribution in [0.2, 0.25) is 0 Å². The van der Waals surface area contributed by atoms with Crippen LogP contribution in [0.25, 0.3) is 21.8 Å². The number of benzene rings is 1. The van der Waals surface area contributed by atoms with Gasteiger partial charge in [0.25, 0.3) is 5.56 Å². The second kappa shape index (κ2) is 4.49. The Labute approximate surface area is 116 Å². The number of fused-ring (bicyclic) bond motifs is 3. The third-order valence-corrected chi connectivity index (χ3v) is 4.29. The van der Waals surface area contributed by atoms with Crippen LogP contribution in [0.4, 0.5) is 0 Å². The van der Waals surface area contributed by atoms with Crippen molar-refractivity contribution in [2.75, 3.05) is 13.1 Å². The van der Waals surface area contributed by atoms with Crippen LogP contribution in [0, 0.1) is 0 Å². The molecular weight excluding hydrogens is 250 g/mol. The minimum absolute atomic E-state index is 0.131. The zero-order chi connectivity index (χ0) is 13.5. The van der Waals surface area contributed by atoms with E-state index in [2.05, 4.69) is 10.3 Å². The Hall–Kier alpha value is -2.07. The molecule has 0 aliphatic carbocycles. The van der Waals surface area contributed by atoms with Crippen molar-refractivity contribution < 1.29 is 0 Å². The van der Waals surface area contributed by atoms with Crippen LogP contribution in [-0.2, 0) is 0 Å². The summed E-state index contributed by atoms with van der Waals surface area (Å²) in [6.07, 6.45) is 3.98. The molecule has 2 aromatic heterocycles. The van der Waals surface area contributed by atoms with E-state index in [4.69, 9.17) is 0 Å². The van der Waals surface area contributed by atoms with E-state index in [0.29, 0.717) is 6.04 Å². The topological polar surface area (TPSA) is 49.8 Å². The van der Waals surface area contributed by atoms with Gasteiger partial charge >= 0.3 is 0 Å². The predicted octanol–water partition coefficient (Wildman–Crippen LogP) is 2.41. The first-order valence-electron chi connectivity index (χ1n) is 7.17. The molecule has 0 radical (unpaired) electrons. The minimum Gasteiger partial charge on any atom is -0.354 e. The molecule has 1 aromatic carbocycles. The first kappa shape index (κ1) is 11.7. The van der Waals surface area contributed by atoms with Gasteiger partial charge in [0.15, 0.2) is 0 Å². The molecule has 0 unspecified atom stereocenters. The number of hydrogen-bond donors (Lipinski definition) is 2. The van der Waals surface area contributed by atoms with E-state index in [0.717, 1.165) is 47.7 Å². The smallest absolute Gasteiger partial charge is 0.260 e. The molecule has 20 heavy (non-hydrogen) atoms. The number of H-pyrrole nitrogens is 1. The van der Waals surface area contributed by atoms with Gasteiger partial charge in [-0.15, -0.1) is 0 Å². The SMILES string of the molecule is O=c1c2c(ccn1C1CCNCC1)[nH]c1ccccc12. The molecule has 0 saturated carbocycles. The highest BCUT2D eigenvalue weighted by molar-refractivity contribution is 6.06. The Kier molecular flexibility index (Phi) is 2.63. The Morgan fingerprint density at radius 3 is 2.70 bits per heavy atom. The number of rotatable bonds is 1. The molecule has 0 atom stereocenters. The highest BCUT2D eigenvalue weighted by Gasteiger charge is 2.18. The lowest BCUT2D eigenvalue weighted by Crippen LogP contribution is -2.33. The quantitative estimate of drug-likeness (QED) is 0.711. The largest absolute Gasteiger partial charge is 0.354 e. The summed E-state index contributed by atoms with van der Waals surface area (Å²) in [4.78, 5) is 16.1. The lowest BCUT2D eigenvalue weighted by molar-refractivity contribution is 0.362. The van der Waals surface area contributed by atoms with Crippen molar-refractivity contribution in [3.63, 3.8) is 0 Å². The van der Waals surface area contributed by atoms with Crippen LogP contribution in [0.15, 0.2) is 41.3 Å². The number of nitrogens with zero attached hydrogens (tertiary/aromatic N) is 1. The van der Waals surface area contributed by atoms with Gasteiger partial charge in [-0.1, -0.05) is 18.2 Å². The fourth-order valence-electron chi connectivity index (χ4n) is 3.24. The van der Waals surface area contributed by atoms with E-state index in [1.54, 1.807) is 0 Å². The Bertz CT molecular complexity index is 824. The molecule has 4 heteroatoms. The van der Waals surface area contributed by atoms with Crippen molar-refractivity contribution in [3.05, 3.63) is 46.9 Å². The van der Waals surface area contributed by atoms with Crippen molar-refractivity contribution >= 4 is 21.8 Å². The van der Waals surface area contributed by atoms with Gasteiger partial charge in [-0.2, -0.15) is 0 Å². The fourth-order valence-corrected chi connectivity index (χ4v) is 3.24. The Balaban J connectivity index is 1.97. The van der Waals surface area contributed by atoms with Crippen LogP contribution >= 0.6 is 0 Å². The Morgan fingerprint density at radius 2 is 1.85 bits per heavy atom. The number of nitrogens with one attached hydrogen (secondary N) is 2. The maximum Gasteiger partial charge on any atom is 0.260 e. The molecule has 0 bridgehead atoms. The van der Waals surface area contributed by atoms with Crippen LogP contribution in [0.5, 0.6) is 0 Å². The number of hydrogen-bond acceptors (Lipinski definition) is 2. The average molecular weight is 267 g/mol. The second-order valence-corrected chi connectivity index (χ2v) is 5.47. The number of aromatic amines is 1. The summed E-state index contributed by atoms with van der Waals surface area (Å²) in [5.41, 5.74) is 2.09. The molecule has 0 spiro atoms. The zero-order valence-corrected chi connectivity index (χ0v) is 11.2. The molecule has 0 amide bonds. The summed E-state index contributed by atoms with van der Waals surface area (Å²) in [7, 11) is 0. The molecule has 1 fully saturated rings. The van der Waals surface area contributed by atoms with Crippen molar-refractivity contribution in [3.8, 4) is 0 Å². The van der Waals surface area contributed by atoms with Crippen LogP contribution in [-0.4, -0.2) is 22.6 Å². The van der Waals surface area contributed by atoms with Crippen molar-refractivity contribution in [1.29, 1.82) is 0 Å². The standard InChI is InChI=1S/C16H17N3O/c20-16-15-12-3-1-2-4-13(12)18-14(15)7-10-19(16)11-5-8-17-9-6-11/h1-4,7,10-11,17-18H,5-6,8-9H2. The lowest BCUT2D eigenvalue weighted by Gasteiger charge is -2.24. The molecule has 1 aliphatic heterocycles. The van der Waals surface area contributed by atoms with Gasteiger partial charge in [-0.05, 0) is 38.1 Å². The summed E-state index contributed by atoms with van der Waals surface area (Å²) >= 11 is 0. The molecule has 1 saturated heterocycles. The van der Waals surface area contributed by atoms with Crippen LogP contribution < -0.4 is 10.9 Å². The van der Waals surface area contributed by atoms with E-state index >= 15 is 0 Å². The summed E-state index contributed by atoms with van der Waals surface area (Å²) in [5.74, 6) is 0. The van der Waals surface area contributed by atoms with Gasteiger partial charge in [0, 0.05) is 23.1 Å². The van der Waals surface area contributed by atoms with Gasteiger partial charge in [-0.3, -0.25) is 4.79 Å². The monoisotopic (exact) mass is 267 g/mol. The normalized spacial score (nSPS) is 17.0. The Morgan fingerprint density at radius 1 is 1.05 bits per heavy atom. The molecule has 2 N–H and O–H groups in total. The van der Waals surface area contributed by atoms with Gasteiger partial charge in [-0.25, -0.2) is 0 Å². The highest BCUT2D eigenvalue weighted by atomic mass is 16.1. The first-order valence-corrected chi connectivity index (χ1v) is 7.17. The van der Waals surface area contributed by atoms with Crippen LogP contribution in [0.1, 0.15) is 18.9 Å². The van der Waals surface area contributed by atoms with Gasteiger partial charge in [0.1, 0.15) is 0 Å². The zero-order valence-electron chi connectivity index (χ0n) is 11.2. The predicted molar refractivity (Wildman–Crippen MR) is 81.2 cm³/mol. The van der Waals surface area contributed by atoms with E-state index in [1.165, 1.54) is 0 Å². The van der Waals surface area contributed by atoms with Gasteiger partial charge < -0.3 is 14.9 Å². The molecule has 1 aliphatic rings. The van der Waals surface area contributed by atoms with E-state index < -0.39 is 0 Å². The maximum atomic E-state index is 12.8. The molecule has 3 aromatic rings. The van der Waals surface area contributed by atoms with E-state index in [9.17, 15) is 4.79 Å². The summed E-state index contributed by atoms with van der Waals surface area (Å²) in [6, 6.07) is 10.4. The average Bonchev–Trinajstić information content (AvgIpc) is 2.88. The molecule has 4 rings (SSSR count). The van der Waals surface area contributed by atoms with Gasteiger partial charge in [0.2, 0.25) is 0 Å². The summed E-state index contributed by atoms with van der Waals surface area (Å²) < 4.78 is 1.92. The fraction of sp³-hybridized carbons (Fsp3) is 0.312. The number of aromatic nitrogens is 2. The third-order valence-electron chi connectivity index (χ3n) is 4.29. The maximum absolute atomic E-state index is 12.8. The third kappa shape index (κ3) is 1.68.